The monoisotopic (exact) mass is 479 g/mol. The molecule has 1 aromatic carbocycles. The van der Waals surface area contributed by atoms with Gasteiger partial charge < -0.3 is 10.2 Å². The van der Waals surface area contributed by atoms with Gasteiger partial charge in [-0.05, 0) is 69.8 Å². The van der Waals surface area contributed by atoms with E-state index in [1.54, 1.807) is 11.2 Å². The summed E-state index contributed by atoms with van der Waals surface area (Å²) >= 11 is 0. The maximum absolute atomic E-state index is 13.5. The highest BCUT2D eigenvalue weighted by Crippen LogP contribution is 2.30. The third-order valence-corrected chi connectivity index (χ3v) is 8.18. The molecule has 1 amide bonds. The summed E-state index contributed by atoms with van der Waals surface area (Å²) in [4.78, 5) is 14.5. The van der Waals surface area contributed by atoms with Crippen LogP contribution in [0.1, 0.15) is 48.5 Å². The van der Waals surface area contributed by atoms with Gasteiger partial charge in [0.15, 0.2) is 0 Å². The summed E-state index contributed by atoms with van der Waals surface area (Å²) in [5.74, 6) is -1.58. The van der Waals surface area contributed by atoms with Crippen LogP contribution >= 0.6 is 0 Å². The van der Waals surface area contributed by atoms with E-state index in [9.17, 15) is 30.8 Å². The van der Waals surface area contributed by atoms with Crippen molar-refractivity contribution in [3.63, 3.8) is 0 Å². The highest BCUT2D eigenvalue weighted by Gasteiger charge is 2.35. The topological polar surface area (TPSA) is 69.7 Å². The van der Waals surface area contributed by atoms with Crippen molar-refractivity contribution in [3.05, 3.63) is 35.1 Å². The number of halogens is 4. The van der Waals surface area contributed by atoms with E-state index in [1.165, 1.54) is 0 Å². The summed E-state index contributed by atoms with van der Waals surface area (Å²) in [6, 6.07) is 1.81. The first-order chi connectivity index (χ1) is 15.0. The van der Waals surface area contributed by atoms with Gasteiger partial charge in [0.2, 0.25) is 10.0 Å². The fraction of sp³-hybridized carbons (Fsp3) is 0.667. The van der Waals surface area contributed by atoms with E-state index >= 15 is 0 Å². The molecule has 180 valence electrons. The quantitative estimate of drug-likeness (QED) is 0.611. The van der Waals surface area contributed by atoms with Crippen molar-refractivity contribution in [1.29, 1.82) is 0 Å². The molecule has 2 heterocycles. The first-order valence-electron chi connectivity index (χ1n) is 10.9. The minimum absolute atomic E-state index is 0.00740. The Morgan fingerprint density at radius 3 is 2.44 bits per heavy atom. The molecule has 1 aromatic rings. The molecule has 0 aliphatic carbocycles. The minimum Gasteiger partial charge on any atom is -0.352 e. The summed E-state index contributed by atoms with van der Waals surface area (Å²) in [5, 5.41) is 2.62. The number of rotatable bonds is 7. The zero-order valence-electron chi connectivity index (χ0n) is 18.0. The smallest absolute Gasteiger partial charge is 0.352 e. The number of carbonyl (C=O) groups is 1. The van der Waals surface area contributed by atoms with E-state index < -0.39 is 33.5 Å². The number of alkyl halides is 3. The normalized spacial score (nSPS) is 21.7. The van der Waals surface area contributed by atoms with Gasteiger partial charge in [-0.15, -0.1) is 0 Å². The lowest BCUT2D eigenvalue weighted by atomic mass is 9.96. The maximum atomic E-state index is 13.5. The van der Waals surface area contributed by atoms with Gasteiger partial charge in [0.05, 0.1) is 11.3 Å². The second kappa shape index (κ2) is 10.0. The molecule has 2 aliphatic rings. The van der Waals surface area contributed by atoms with Gasteiger partial charge >= 0.3 is 6.18 Å². The Balaban J connectivity index is 1.48. The number of piperidine rings is 1. The van der Waals surface area contributed by atoms with Gasteiger partial charge in [0, 0.05) is 31.2 Å². The molecular weight excluding hydrogens is 450 g/mol. The van der Waals surface area contributed by atoms with Gasteiger partial charge in [0.25, 0.3) is 5.91 Å². The van der Waals surface area contributed by atoms with Crippen molar-refractivity contribution in [2.45, 2.75) is 44.8 Å². The Labute approximate surface area is 186 Å². The average molecular weight is 480 g/mol. The summed E-state index contributed by atoms with van der Waals surface area (Å²) in [5.41, 5.74) is -1.55. The lowest BCUT2D eigenvalue weighted by Crippen LogP contribution is -2.46. The second-order valence-corrected chi connectivity index (χ2v) is 10.7. The van der Waals surface area contributed by atoms with Crippen LogP contribution in [0, 0.1) is 11.7 Å². The van der Waals surface area contributed by atoms with Gasteiger partial charge in [0.1, 0.15) is 5.82 Å². The van der Waals surface area contributed by atoms with Crippen LogP contribution in [0.2, 0.25) is 0 Å². The third kappa shape index (κ3) is 6.20. The van der Waals surface area contributed by atoms with Crippen molar-refractivity contribution in [2.75, 3.05) is 38.5 Å². The molecule has 1 atom stereocenters. The molecule has 2 aliphatic heterocycles. The van der Waals surface area contributed by atoms with Gasteiger partial charge in [-0.3, -0.25) is 4.79 Å². The summed E-state index contributed by atoms with van der Waals surface area (Å²) < 4.78 is 78.2. The Kier molecular flexibility index (Phi) is 7.82. The Morgan fingerprint density at radius 2 is 1.81 bits per heavy atom. The van der Waals surface area contributed by atoms with Crippen molar-refractivity contribution >= 4 is 15.9 Å². The molecule has 11 heteroatoms. The highest BCUT2D eigenvalue weighted by atomic mass is 32.2. The predicted molar refractivity (Wildman–Crippen MR) is 112 cm³/mol. The van der Waals surface area contributed by atoms with Gasteiger partial charge in [-0.1, -0.05) is 0 Å². The van der Waals surface area contributed by atoms with Crippen LogP contribution in [0.3, 0.4) is 0 Å². The molecule has 1 N–H and O–H groups in total. The molecule has 0 bridgehead atoms. The number of hydrogen-bond acceptors (Lipinski definition) is 4. The van der Waals surface area contributed by atoms with Crippen LogP contribution in [0.5, 0.6) is 0 Å². The fourth-order valence-electron chi connectivity index (χ4n) is 4.42. The van der Waals surface area contributed by atoms with Crippen LogP contribution in [-0.4, -0.2) is 68.0 Å². The Hall–Kier alpha value is -1.72. The molecule has 1 unspecified atom stereocenters. The average Bonchev–Trinajstić information content (AvgIpc) is 3.21. The second-order valence-electron chi connectivity index (χ2n) is 8.49. The zero-order valence-corrected chi connectivity index (χ0v) is 18.8. The predicted octanol–water partition coefficient (Wildman–Crippen LogP) is 3.10. The fourth-order valence-corrected chi connectivity index (χ4v) is 5.78. The van der Waals surface area contributed by atoms with Crippen molar-refractivity contribution in [1.82, 2.24) is 14.5 Å². The van der Waals surface area contributed by atoms with E-state index in [-0.39, 0.29) is 23.3 Å². The van der Waals surface area contributed by atoms with Crippen molar-refractivity contribution in [3.8, 4) is 0 Å². The molecule has 2 saturated heterocycles. The third-order valence-electron chi connectivity index (χ3n) is 6.26. The highest BCUT2D eigenvalue weighted by molar-refractivity contribution is 7.89. The summed E-state index contributed by atoms with van der Waals surface area (Å²) in [6.07, 6.45) is -1.45. The lowest BCUT2D eigenvalue weighted by Gasteiger charge is -2.35. The van der Waals surface area contributed by atoms with E-state index in [4.69, 9.17) is 0 Å². The van der Waals surface area contributed by atoms with E-state index in [0.717, 1.165) is 44.8 Å². The molecular formula is C21H29F4N3O3S. The number of likely N-dealkylation sites (tertiary alicyclic amines) is 1. The number of sulfonamides is 1. The number of carbonyl (C=O) groups excluding carboxylic acids is 1. The maximum Gasteiger partial charge on any atom is 0.416 e. The largest absolute Gasteiger partial charge is 0.416 e. The minimum atomic E-state index is -4.73. The van der Waals surface area contributed by atoms with E-state index in [0.29, 0.717) is 31.8 Å². The summed E-state index contributed by atoms with van der Waals surface area (Å²) in [7, 11) is -3.21. The molecule has 3 rings (SSSR count). The number of benzene rings is 1. The Bertz CT molecular complexity index is 915. The first-order valence-corrected chi connectivity index (χ1v) is 12.5. The first kappa shape index (κ1) is 24.9. The van der Waals surface area contributed by atoms with Crippen LogP contribution in [0.4, 0.5) is 17.6 Å². The number of hydrogen-bond donors (Lipinski definition) is 1. The Morgan fingerprint density at radius 1 is 1.12 bits per heavy atom. The van der Waals surface area contributed by atoms with Crippen LogP contribution < -0.4 is 5.32 Å². The van der Waals surface area contributed by atoms with Gasteiger partial charge in [-0.2, -0.15) is 17.5 Å². The number of nitrogens with zero attached hydrogens (tertiary/aromatic N) is 2. The van der Waals surface area contributed by atoms with Crippen LogP contribution in [0.15, 0.2) is 18.2 Å². The molecule has 0 spiro atoms. The van der Waals surface area contributed by atoms with E-state index in [1.807, 2.05) is 0 Å². The van der Waals surface area contributed by atoms with Crippen molar-refractivity contribution in [2.24, 2.45) is 5.92 Å². The van der Waals surface area contributed by atoms with Crippen LogP contribution in [0.25, 0.3) is 0 Å². The number of nitrogens with one attached hydrogen (secondary N) is 1. The zero-order chi connectivity index (χ0) is 23.5. The molecule has 2 fully saturated rings. The summed E-state index contributed by atoms with van der Waals surface area (Å²) in [6.45, 7) is 4.72. The van der Waals surface area contributed by atoms with E-state index in [2.05, 4.69) is 10.2 Å². The standard InChI is InChI=1S/C21H29F4N3O3S/c1-2-32(30,31)28-7-3-4-19(28)14-27-8-5-15(6-9-27)13-26-20(29)16-10-17(21(23,24)25)12-18(22)11-16/h10-12,15,19H,2-9,13-14H2,1H3,(H,26,29). The van der Waals surface area contributed by atoms with Gasteiger partial charge in [-0.25, -0.2) is 12.8 Å². The molecule has 0 saturated carbocycles. The number of amides is 1. The molecule has 6 nitrogen and oxygen atoms in total. The molecule has 32 heavy (non-hydrogen) atoms. The molecule has 0 aromatic heterocycles. The van der Waals surface area contributed by atoms with Crippen molar-refractivity contribution < 1.29 is 30.8 Å². The molecule has 0 radical (unpaired) electrons. The lowest BCUT2D eigenvalue weighted by molar-refractivity contribution is -0.137. The van der Waals surface area contributed by atoms with Crippen LogP contribution in [-0.2, 0) is 16.2 Å². The SMILES string of the molecule is CCS(=O)(=O)N1CCCC1CN1CCC(CNC(=O)c2cc(F)cc(C(F)(F)F)c2)CC1.